The zero-order valence-corrected chi connectivity index (χ0v) is 24.4. The molecule has 5 heteroatoms. The van der Waals surface area contributed by atoms with E-state index in [4.69, 9.17) is 0 Å². The van der Waals surface area contributed by atoms with Crippen molar-refractivity contribution in [2.75, 3.05) is 0 Å². The normalized spacial score (nSPS) is 10.9. The van der Waals surface area contributed by atoms with Gasteiger partial charge < -0.3 is 9.13 Å². The first-order valence-corrected chi connectivity index (χ1v) is 14.4. The van der Waals surface area contributed by atoms with Gasteiger partial charge in [-0.05, 0) is 85.6 Å². The van der Waals surface area contributed by atoms with Crippen LogP contribution in [0.4, 0.5) is 0 Å². The highest BCUT2D eigenvalue weighted by Crippen LogP contribution is 2.46. The molecule has 0 aliphatic carbocycles. The van der Waals surface area contributed by atoms with E-state index >= 15 is 0 Å². The lowest BCUT2D eigenvalue weighted by atomic mass is 10.0. The van der Waals surface area contributed by atoms with Crippen LogP contribution in [-0.4, -0.2) is 14.1 Å². The van der Waals surface area contributed by atoms with Crippen LogP contribution < -0.4 is 0 Å². The van der Waals surface area contributed by atoms with Gasteiger partial charge in [0.25, 0.3) is 0 Å². The molecule has 0 N–H and O–H groups in total. The van der Waals surface area contributed by atoms with Gasteiger partial charge in [-0.3, -0.25) is 4.98 Å². The van der Waals surface area contributed by atoms with Crippen molar-refractivity contribution >= 4 is 11.0 Å². The molecule has 3 aromatic heterocycles. The predicted octanol–water partition coefficient (Wildman–Crippen LogP) is 9.18. The Labute approximate surface area is 256 Å². The number of pyridine rings is 1. The first kappa shape index (κ1) is 26.7. The van der Waals surface area contributed by atoms with Gasteiger partial charge in [0.05, 0.1) is 45.7 Å². The average Bonchev–Trinajstić information content (AvgIpc) is 3.61. The SMILES string of the molecule is Cc1ccc(-n2c(-c3ccc(C#N)cc3)c(-c3cccnc3)c3c2cc(-c2ccc(C#N)cc2)n3-c2ccc(C)cc2)cc1. The molecular weight excluding hydrogens is 538 g/mol. The molecule has 7 aromatic rings. The number of nitrogens with zero attached hydrogens (tertiary/aromatic N) is 5. The summed E-state index contributed by atoms with van der Waals surface area (Å²) in [7, 11) is 0. The number of nitriles is 2. The summed E-state index contributed by atoms with van der Waals surface area (Å²) in [6.45, 7) is 4.18. The molecule has 0 bridgehead atoms. The van der Waals surface area contributed by atoms with Crippen LogP contribution in [0, 0.1) is 36.5 Å². The van der Waals surface area contributed by atoms with Crippen molar-refractivity contribution in [3.63, 3.8) is 0 Å². The third-order valence-corrected chi connectivity index (χ3v) is 8.05. The van der Waals surface area contributed by atoms with Gasteiger partial charge in [0.2, 0.25) is 0 Å². The number of fused-ring (bicyclic) bond motifs is 1. The summed E-state index contributed by atoms with van der Waals surface area (Å²) in [6, 6.07) is 43.5. The Kier molecular flexibility index (Phi) is 6.62. The summed E-state index contributed by atoms with van der Waals surface area (Å²) in [5.74, 6) is 0. The van der Waals surface area contributed by atoms with E-state index in [9.17, 15) is 10.5 Å². The van der Waals surface area contributed by atoms with Gasteiger partial charge in [-0.15, -0.1) is 0 Å². The average molecular weight is 566 g/mol. The van der Waals surface area contributed by atoms with E-state index in [1.807, 2.05) is 60.8 Å². The Morgan fingerprint density at radius 3 is 1.66 bits per heavy atom. The molecule has 0 spiro atoms. The van der Waals surface area contributed by atoms with Gasteiger partial charge in [0.15, 0.2) is 0 Å². The Morgan fingerprint density at radius 1 is 0.591 bits per heavy atom. The van der Waals surface area contributed by atoms with Crippen LogP contribution in [0.3, 0.4) is 0 Å². The zero-order chi connectivity index (χ0) is 30.2. The highest BCUT2D eigenvalue weighted by atomic mass is 15.1. The van der Waals surface area contributed by atoms with E-state index in [1.54, 1.807) is 6.20 Å². The monoisotopic (exact) mass is 565 g/mol. The summed E-state index contributed by atoms with van der Waals surface area (Å²) < 4.78 is 4.63. The molecule has 0 atom stereocenters. The van der Waals surface area contributed by atoms with Gasteiger partial charge in [0.1, 0.15) is 0 Å². The van der Waals surface area contributed by atoms with Gasteiger partial charge in [0, 0.05) is 34.9 Å². The van der Waals surface area contributed by atoms with Crippen LogP contribution in [-0.2, 0) is 0 Å². The topological polar surface area (TPSA) is 70.3 Å². The van der Waals surface area contributed by atoms with E-state index in [0.717, 1.165) is 56.0 Å². The second-order valence-electron chi connectivity index (χ2n) is 10.9. The largest absolute Gasteiger partial charge is 0.307 e. The maximum Gasteiger partial charge on any atom is 0.0991 e. The minimum Gasteiger partial charge on any atom is -0.307 e. The van der Waals surface area contributed by atoms with E-state index < -0.39 is 0 Å². The van der Waals surface area contributed by atoms with Crippen molar-refractivity contribution in [1.29, 1.82) is 10.5 Å². The van der Waals surface area contributed by atoms with Crippen LogP contribution >= 0.6 is 0 Å². The van der Waals surface area contributed by atoms with Crippen molar-refractivity contribution < 1.29 is 0 Å². The van der Waals surface area contributed by atoms with Gasteiger partial charge in [-0.25, -0.2) is 0 Å². The quantitative estimate of drug-likeness (QED) is 0.209. The molecule has 7 rings (SSSR count). The third-order valence-electron chi connectivity index (χ3n) is 8.05. The molecular formula is C39H27N5. The maximum atomic E-state index is 9.54. The molecule has 0 aliphatic rings. The molecule has 208 valence electrons. The van der Waals surface area contributed by atoms with Crippen LogP contribution in [0.15, 0.2) is 128 Å². The number of aromatic nitrogens is 3. The smallest absolute Gasteiger partial charge is 0.0991 e. The summed E-state index contributed by atoms with van der Waals surface area (Å²) >= 11 is 0. The fourth-order valence-electron chi connectivity index (χ4n) is 5.86. The molecule has 0 radical (unpaired) electrons. The van der Waals surface area contributed by atoms with E-state index in [1.165, 1.54) is 11.1 Å². The van der Waals surface area contributed by atoms with Crippen LogP contribution in [0.2, 0.25) is 0 Å². The third kappa shape index (κ3) is 4.54. The second kappa shape index (κ2) is 10.9. The Morgan fingerprint density at radius 2 is 1.14 bits per heavy atom. The lowest BCUT2D eigenvalue weighted by Crippen LogP contribution is -1.99. The molecule has 0 unspecified atom stereocenters. The van der Waals surface area contributed by atoms with Crippen LogP contribution in [0.5, 0.6) is 0 Å². The lowest BCUT2D eigenvalue weighted by molar-refractivity contribution is 1.13. The number of benzene rings is 4. The highest BCUT2D eigenvalue weighted by molar-refractivity contribution is 6.07. The molecule has 0 aliphatic heterocycles. The fourth-order valence-corrected chi connectivity index (χ4v) is 5.86. The number of hydrogen-bond donors (Lipinski definition) is 0. The van der Waals surface area contributed by atoms with E-state index in [2.05, 4.69) is 101 Å². The Bertz CT molecular complexity index is 2160. The number of rotatable bonds is 5. The van der Waals surface area contributed by atoms with Gasteiger partial charge >= 0.3 is 0 Å². The molecule has 0 saturated heterocycles. The van der Waals surface area contributed by atoms with Crippen molar-refractivity contribution in [2.24, 2.45) is 0 Å². The lowest BCUT2D eigenvalue weighted by Gasteiger charge is -2.16. The van der Waals surface area contributed by atoms with E-state index in [0.29, 0.717) is 11.1 Å². The number of aryl methyl sites for hydroxylation is 2. The van der Waals surface area contributed by atoms with Gasteiger partial charge in [-0.1, -0.05) is 65.7 Å². The molecule has 3 heterocycles. The van der Waals surface area contributed by atoms with Crippen LogP contribution in [0.25, 0.3) is 56.0 Å². The molecule has 0 amide bonds. The first-order chi connectivity index (χ1) is 21.6. The standard InChI is InChI=1S/C39H27N5/c1-26-5-17-33(18-6-26)43-35(30-13-9-28(23-40)10-14-30)22-36-39(43)37(32-4-3-21-42-25-32)38(31-15-11-29(24-41)12-16-31)44(36)34-19-7-27(2)8-20-34/h3-22,25H,1-2H3. The minimum atomic E-state index is 0.613. The summed E-state index contributed by atoms with van der Waals surface area (Å²) in [6.07, 6.45) is 3.70. The minimum absolute atomic E-state index is 0.613. The zero-order valence-electron chi connectivity index (χ0n) is 24.4. The van der Waals surface area contributed by atoms with Crippen LogP contribution in [0.1, 0.15) is 22.3 Å². The highest BCUT2D eigenvalue weighted by Gasteiger charge is 2.27. The van der Waals surface area contributed by atoms with Crippen molar-refractivity contribution in [2.45, 2.75) is 13.8 Å². The molecule has 5 nitrogen and oxygen atoms in total. The first-order valence-electron chi connectivity index (χ1n) is 14.4. The Balaban J connectivity index is 1.68. The van der Waals surface area contributed by atoms with Gasteiger partial charge in [-0.2, -0.15) is 10.5 Å². The molecule has 0 saturated carbocycles. The molecule has 0 fully saturated rings. The van der Waals surface area contributed by atoms with Crippen molar-refractivity contribution in [3.8, 4) is 57.2 Å². The predicted molar refractivity (Wildman–Crippen MR) is 176 cm³/mol. The summed E-state index contributed by atoms with van der Waals surface area (Å²) in [5, 5.41) is 19.0. The Hall–Kier alpha value is -6.17. The summed E-state index contributed by atoms with van der Waals surface area (Å²) in [5.41, 5.74) is 13.8. The van der Waals surface area contributed by atoms with Crippen molar-refractivity contribution in [1.82, 2.24) is 14.1 Å². The van der Waals surface area contributed by atoms with Crippen molar-refractivity contribution in [3.05, 3.63) is 150 Å². The second-order valence-corrected chi connectivity index (χ2v) is 10.9. The summed E-state index contributed by atoms with van der Waals surface area (Å²) in [4.78, 5) is 4.53. The maximum absolute atomic E-state index is 9.54. The fraction of sp³-hybridized carbons (Fsp3) is 0.0513. The molecule has 4 aromatic carbocycles. The molecule has 44 heavy (non-hydrogen) atoms. The number of hydrogen-bond acceptors (Lipinski definition) is 3. The van der Waals surface area contributed by atoms with E-state index in [-0.39, 0.29) is 0 Å².